The molecule has 4 heteroatoms. The van der Waals surface area contributed by atoms with Crippen molar-refractivity contribution in [3.05, 3.63) is 34.6 Å². The summed E-state index contributed by atoms with van der Waals surface area (Å²) in [5.74, 6) is -0.187. The molecule has 1 aromatic rings. The molecule has 2 heterocycles. The SMILES string of the molecule is Fc1cc(Cl)ccc1CN1CCC2(CCNC2)C1. The van der Waals surface area contributed by atoms with Gasteiger partial charge in [-0.1, -0.05) is 17.7 Å². The standard InChI is InChI=1S/C14H18ClFN2/c15-12-2-1-11(13(16)7-12)8-18-6-4-14(10-18)3-5-17-9-14/h1-2,7,17H,3-6,8-10H2. The molecule has 2 aliphatic heterocycles. The molecule has 1 unspecified atom stereocenters. The molecule has 0 radical (unpaired) electrons. The van der Waals surface area contributed by atoms with Gasteiger partial charge in [-0.15, -0.1) is 0 Å². The van der Waals surface area contributed by atoms with Crippen molar-refractivity contribution in [2.24, 2.45) is 5.41 Å². The topological polar surface area (TPSA) is 15.3 Å². The van der Waals surface area contributed by atoms with Crippen molar-refractivity contribution >= 4 is 11.6 Å². The Morgan fingerprint density at radius 1 is 1.39 bits per heavy atom. The van der Waals surface area contributed by atoms with Crippen LogP contribution < -0.4 is 5.32 Å². The van der Waals surface area contributed by atoms with Gasteiger partial charge < -0.3 is 5.32 Å². The van der Waals surface area contributed by atoms with Gasteiger partial charge >= 0.3 is 0 Å². The molecule has 0 aromatic heterocycles. The van der Waals surface area contributed by atoms with E-state index in [0.717, 1.165) is 31.7 Å². The third-order valence-electron chi connectivity index (χ3n) is 4.26. The Kier molecular flexibility index (Phi) is 3.31. The molecule has 2 aliphatic rings. The maximum absolute atomic E-state index is 13.7. The lowest BCUT2D eigenvalue weighted by atomic mass is 9.86. The van der Waals surface area contributed by atoms with Crippen LogP contribution in [0.15, 0.2) is 18.2 Å². The average Bonchev–Trinajstić information content (AvgIpc) is 2.94. The van der Waals surface area contributed by atoms with Crippen LogP contribution in [0.1, 0.15) is 18.4 Å². The van der Waals surface area contributed by atoms with Crippen LogP contribution in [0.4, 0.5) is 4.39 Å². The molecule has 2 nitrogen and oxygen atoms in total. The first-order chi connectivity index (χ1) is 8.67. The number of halogens is 2. The number of nitrogens with one attached hydrogen (secondary N) is 1. The van der Waals surface area contributed by atoms with E-state index in [1.165, 1.54) is 18.9 Å². The monoisotopic (exact) mass is 268 g/mol. The highest BCUT2D eigenvalue weighted by Gasteiger charge is 2.40. The normalized spacial score (nSPS) is 28.3. The fraction of sp³-hybridized carbons (Fsp3) is 0.571. The van der Waals surface area contributed by atoms with Gasteiger partial charge in [-0.2, -0.15) is 0 Å². The molecular weight excluding hydrogens is 251 g/mol. The molecule has 1 aromatic carbocycles. The minimum atomic E-state index is -0.187. The van der Waals surface area contributed by atoms with E-state index in [4.69, 9.17) is 11.6 Å². The summed E-state index contributed by atoms with van der Waals surface area (Å²) in [6.45, 7) is 5.10. The largest absolute Gasteiger partial charge is 0.316 e. The summed E-state index contributed by atoms with van der Waals surface area (Å²) in [7, 11) is 0. The van der Waals surface area contributed by atoms with Gasteiger partial charge in [0.25, 0.3) is 0 Å². The van der Waals surface area contributed by atoms with Crippen LogP contribution in [-0.2, 0) is 6.54 Å². The van der Waals surface area contributed by atoms with E-state index in [0.29, 0.717) is 17.0 Å². The van der Waals surface area contributed by atoms with E-state index in [2.05, 4.69) is 10.2 Å². The molecule has 1 spiro atoms. The Bertz CT molecular complexity index is 443. The highest BCUT2D eigenvalue weighted by molar-refractivity contribution is 6.30. The van der Waals surface area contributed by atoms with Crippen molar-refractivity contribution < 1.29 is 4.39 Å². The second kappa shape index (κ2) is 4.80. The number of hydrogen-bond donors (Lipinski definition) is 1. The van der Waals surface area contributed by atoms with Crippen molar-refractivity contribution in [2.45, 2.75) is 19.4 Å². The van der Waals surface area contributed by atoms with Gasteiger partial charge in [0.05, 0.1) is 0 Å². The molecule has 0 amide bonds. The van der Waals surface area contributed by atoms with Gasteiger partial charge in [-0.3, -0.25) is 4.90 Å². The Hall–Kier alpha value is -0.640. The second-order valence-corrected chi connectivity index (χ2v) is 6.06. The van der Waals surface area contributed by atoms with Crippen molar-refractivity contribution in [1.29, 1.82) is 0 Å². The third kappa shape index (κ3) is 2.40. The Morgan fingerprint density at radius 2 is 2.28 bits per heavy atom. The minimum Gasteiger partial charge on any atom is -0.316 e. The van der Waals surface area contributed by atoms with Crippen LogP contribution in [-0.4, -0.2) is 31.1 Å². The zero-order chi connectivity index (χ0) is 12.6. The van der Waals surface area contributed by atoms with Crippen molar-refractivity contribution in [3.8, 4) is 0 Å². The van der Waals surface area contributed by atoms with Crippen molar-refractivity contribution in [1.82, 2.24) is 10.2 Å². The molecule has 98 valence electrons. The lowest BCUT2D eigenvalue weighted by Gasteiger charge is -2.23. The summed E-state index contributed by atoms with van der Waals surface area (Å²) >= 11 is 5.77. The van der Waals surface area contributed by atoms with E-state index in [9.17, 15) is 4.39 Å². The lowest BCUT2D eigenvalue weighted by Crippen LogP contribution is -2.29. The first-order valence-corrected chi connectivity index (χ1v) is 6.92. The number of rotatable bonds is 2. The maximum atomic E-state index is 13.7. The van der Waals surface area contributed by atoms with E-state index in [-0.39, 0.29) is 5.82 Å². The summed E-state index contributed by atoms with van der Waals surface area (Å²) in [6, 6.07) is 4.97. The highest BCUT2D eigenvalue weighted by atomic mass is 35.5. The van der Waals surface area contributed by atoms with Gasteiger partial charge in [0.1, 0.15) is 5.82 Å². The summed E-state index contributed by atoms with van der Waals surface area (Å²) < 4.78 is 13.7. The van der Waals surface area contributed by atoms with Gasteiger partial charge in [-0.05, 0) is 43.5 Å². The third-order valence-corrected chi connectivity index (χ3v) is 4.49. The average molecular weight is 269 g/mol. The van der Waals surface area contributed by atoms with Crippen molar-refractivity contribution in [2.75, 3.05) is 26.2 Å². The van der Waals surface area contributed by atoms with Gasteiger partial charge in [-0.25, -0.2) is 4.39 Å². The molecular formula is C14H18ClFN2. The van der Waals surface area contributed by atoms with Crippen LogP contribution >= 0.6 is 11.6 Å². The highest BCUT2D eigenvalue weighted by Crippen LogP contribution is 2.36. The zero-order valence-electron chi connectivity index (χ0n) is 10.4. The number of benzene rings is 1. The van der Waals surface area contributed by atoms with E-state index < -0.39 is 0 Å². The first kappa shape index (κ1) is 12.4. The molecule has 2 fully saturated rings. The second-order valence-electron chi connectivity index (χ2n) is 5.62. The fourth-order valence-corrected chi connectivity index (χ4v) is 3.36. The maximum Gasteiger partial charge on any atom is 0.129 e. The fourth-order valence-electron chi connectivity index (χ4n) is 3.20. The van der Waals surface area contributed by atoms with Gasteiger partial charge in [0, 0.05) is 30.2 Å². The summed E-state index contributed by atoms with van der Waals surface area (Å²) in [4.78, 5) is 2.36. The predicted octanol–water partition coefficient (Wildman–Crippen LogP) is 2.66. The Balaban J connectivity index is 1.67. The minimum absolute atomic E-state index is 0.187. The van der Waals surface area contributed by atoms with Crippen LogP contribution in [0.5, 0.6) is 0 Å². The summed E-state index contributed by atoms with van der Waals surface area (Å²) in [5.41, 5.74) is 1.20. The Labute approximate surface area is 112 Å². The van der Waals surface area contributed by atoms with Gasteiger partial charge in [0.2, 0.25) is 0 Å². The molecule has 0 bridgehead atoms. The number of likely N-dealkylation sites (tertiary alicyclic amines) is 1. The van der Waals surface area contributed by atoms with E-state index >= 15 is 0 Å². The number of hydrogen-bond acceptors (Lipinski definition) is 2. The lowest BCUT2D eigenvalue weighted by molar-refractivity contribution is 0.266. The smallest absolute Gasteiger partial charge is 0.129 e. The predicted molar refractivity (Wildman–Crippen MR) is 71.2 cm³/mol. The molecule has 1 N–H and O–H groups in total. The van der Waals surface area contributed by atoms with E-state index in [1.54, 1.807) is 12.1 Å². The molecule has 18 heavy (non-hydrogen) atoms. The van der Waals surface area contributed by atoms with E-state index in [1.807, 2.05) is 0 Å². The molecule has 0 aliphatic carbocycles. The Morgan fingerprint density at radius 3 is 3.00 bits per heavy atom. The van der Waals surface area contributed by atoms with Crippen LogP contribution in [0.2, 0.25) is 5.02 Å². The van der Waals surface area contributed by atoms with Crippen LogP contribution in [0, 0.1) is 11.2 Å². The zero-order valence-corrected chi connectivity index (χ0v) is 11.1. The van der Waals surface area contributed by atoms with Crippen molar-refractivity contribution in [3.63, 3.8) is 0 Å². The first-order valence-electron chi connectivity index (χ1n) is 6.54. The quantitative estimate of drug-likeness (QED) is 0.887. The van der Waals surface area contributed by atoms with Gasteiger partial charge in [0.15, 0.2) is 0 Å². The molecule has 3 rings (SSSR count). The summed E-state index contributed by atoms with van der Waals surface area (Å²) in [6.07, 6.45) is 2.49. The molecule has 1 atom stereocenters. The number of nitrogens with zero attached hydrogens (tertiary/aromatic N) is 1. The van der Waals surface area contributed by atoms with Crippen LogP contribution in [0.3, 0.4) is 0 Å². The molecule has 2 saturated heterocycles. The van der Waals surface area contributed by atoms with Crippen LogP contribution in [0.25, 0.3) is 0 Å². The molecule has 0 saturated carbocycles. The summed E-state index contributed by atoms with van der Waals surface area (Å²) in [5, 5.41) is 3.91.